The first-order valence-corrected chi connectivity index (χ1v) is 4.48. The molecule has 0 aromatic carbocycles. The van der Waals surface area contributed by atoms with E-state index in [0.717, 1.165) is 0 Å². The molecule has 0 heterocycles. The zero-order valence-electron chi connectivity index (χ0n) is 5.53. The molecule has 1 fully saturated rings. The number of allylic oxidation sites excluding steroid dienone is 2. The van der Waals surface area contributed by atoms with Crippen molar-refractivity contribution in [2.45, 2.75) is 16.0 Å². The third-order valence-corrected chi connectivity index (χ3v) is 3.98. The first-order chi connectivity index (χ1) is 4.96. The molecule has 2 aliphatic rings. The molecule has 1 saturated carbocycles. The monoisotopic (exact) mass is 274 g/mol. The second-order valence-corrected chi connectivity index (χ2v) is 4.65. The molecule has 0 aromatic heterocycles. The van der Waals surface area contributed by atoms with Crippen LogP contribution in [0.4, 0.5) is 13.2 Å². The van der Waals surface area contributed by atoms with Gasteiger partial charge in [0.1, 0.15) is 0 Å². The summed E-state index contributed by atoms with van der Waals surface area (Å²) < 4.78 is 36.9. The predicted octanol–water partition coefficient (Wildman–Crippen LogP) is 2.93. The van der Waals surface area contributed by atoms with Crippen LogP contribution < -0.4 is 0 Å². The molecule has 0 aromatic rings. The second-order valence-electron chi connectivity index (χ2n) is 3.08. The lowest BCUT2D eigenvalue weighted by molar-refractivity contribution is -0.0902. The van der Waals surface area contributed by atoms with E-state index in [1.165, 1.54) is 28.7 Å². The fraction of sp³-hybridized carbons (Fsp3) is 0.714. The van der Waals surface area contributed by atoms with E-state index in [1.807, 2.05) is 0 Å². The van der Waals surface area contributed by atoms with Crippen molar-refractivity contribution in [1.82, 2.24) is 0 Å². The van der Waals surface area contributed by atoms with Gasteiger partial charge < -0.3 is 0 Å². The van der Waals surface area contributed by atoms with Crippen LogP contribution in [0.25, 0.3) is 0 Å². The van der Waals surface area contributed by atoms with Crippen molar-refractivity contribution in [3.63, 3.8) is 0 Å². The summed E-state index contributed by atoms with van der Waals surface area (Å²) in [5.74, 6) is -4.61. The van der Waals surface area contributed by atoms with Gasteiger partial charge in [-0.2, -0.15) is 0 Å². The number of hydrogen-bond acceptors (Lipinski definition) is 0. The highest BCUT2D eigenvalue weighted by Gasteiger charge is 2.68. The second kappa shape index (κ2) is 1.95. The minimum Gasteiger partial charge on any atom is -0.225 e. The van der Waals surface area contributed by atoms with Crippen molar-refractivity contribution >= 4 is 22.6 Å². The van der Waals surface area contributed by atoms with Gasteiger partial charge >= 0.3 is 0 Å². The fourth-order valence-electron chi connectivity index (χ4n) is 1.73. The standard InChI is InChI=1S/C7H6F3I/c8-6(9)4-1-2-5(3-4)7(6,10)11/h1-2,4-5H,3H2. The van der Waals surface area contributed by atoms with Crippen molar-refractivity contribution in [1.29, 1.82) is 0 Å². The Hall–Kier alpha value is 0.260. The number of alkyl halides is 4. The summed E-state index contributed by atoms with van der Waals surface area (Å²) >= 11 is 1.23. The first kappa shape index (κ1) is 7.89. The van der Waals surface area contributed by atoms with Crippen molar-refractivity contribution in [2.24, 2.45) is 11.8 Å². The maximum Gasteiger partial charge on any atom is 0.297 e. The molecule has 2 rings (SSSR count). The summed E-state index contributed by atoms with van der Waals surface area (Å²) in [6.07, 6.45) is 3.27. The van der Waals surface area contributed by atoms with Gasteiger partial charge in [0.15, 0.2) is 0 Å². The molecule has 3 unspecified atom stereocenters. The van der Waals surface area contributed by atoms with Gasteiger partial charge in [0, 0.05) is 11.8 Å². The van der Waals surface area contributed by atoms with Gasteiger partial charge in [0.25, 0.3) is 5.92 Å². The number of hydrogen-bond donors (Lipinski definition) is 0. The predicted molar refractivity (Wildman–Crippen MR) is 43.5 cm³/mol. The summed E-state index contributed by atoms with van der Waals surface area (Å²) in [6.45, 7) is 0. The van der Waals surface area contributed by atoms with E-state index in [0.29, 0.717) is 0 Å². The van der Waals surface area contributed by atoms with Crippen LogP contribution in [0.1, 0.15) is 6.42 Å². The molecule has 0 N–H and O–H groups in total. The molecular formula is C7H6F3I. The highest BCUT2D eigenvalue weighted by atomic mass is 127. The smallest absolute Gasteiger partial charge is 0.225 e. The third kappa shape index (κ3) is 0.764. The highest BCUT2D eigenvalue weighted by Crippen LogP contribution is 2.61. The van der Waals surface area contributed by atoms with E-state index in [-0.39, 0.29) is 6.42 Å². The van der Waals surface area contributed by atoms with Crippen molar-refractivity contribution < 1.29 is 13.2 Å². The molecule has 0 nitrogen and oxygen atoms in total. The van der Waals surface area contributed by atoms with E-state index in [9.17, 15) is 13.2 Å². The Morgan fingerprint density at radius 1 is 1.18 bits per heavy atom. The van der Waals surface area contributed by atoms with Crippen LogP contribution in [0.2, 0.25) is 0 Å². The van der Waals surface area contributed by atoms with E-state index in [4.69, 9.17) is 0 Å². The molecule has 3 atom stereocenters. The highest BCUT2D eigenvalue weighted by molar-refractivity contribution is 14.1. The lowest BCUT2D eigenvalue weighted by atomic mass is 10.0. The Labute approximate surface area is 76.0 Å². The fourth-order valence-corrected chi connectivity index (χ4v) is 2.59. The Balaban J connectivity index is 2.45. The average molecular weight is 274 g/mol. The van der Waals surface area contributed by atoms with Crippen LogP contribution in [0.3, 0.4) is 0 Å². The molecule has 62 valence electrons. The summed E-state index contributed by atoms with van der Waals surface area (Å²) in [5, 5.41) is 0. The Morgan fingerprint density at radius 3 is 2.00 bits per heavy atom. The van der Waals surface area contributed by atoms with Crippen LogP contribution >= 0.6 is 22.6 Å². The quantitative estimate of drug-likeness (QED) is 0.362. The Bertz CT molecular complexity index is 200. The Kier molecular flexibility index (Phi) is 1.40. The number of halogens is 4. The number of rotatable bonds is 0. The summed E-state index contributed by atoms with van der Waals surface area (Å²) in [7, 11) is 0. The van der Waals surface area contributed by atoms with E-state index in [2.05, 4.69) is 0 Å². The molecule has 4 heteroatoms. The molecule has 11 heavy (non-hydrogen) atoms. The molecule has 0 aliphatic heterocycles. The van der Waals surface area contributed by atoms with Crippen molar-refractivity contribution in [3.8, 4) is 0 Å². The van der Waals surface area contributed by atoms with Gasteiger partial charge in [-0.05, 0) is 29.0 Å². The lowest BCUT2D eigenvalue weighted by Gasteiger charge is -2.28. The van der Waals surface area contributed by atoms with E-state index in [1.54, 1.807) is 6.08 Å². The molecule has 2 aliphatic carbocycles. The maximum atomic E-state index is 13.3. The molecule has 0 spiro atoms. The Morgan fingerprint density at radius 2 is 1.73 bits per heavy atom. The number of fused-ring (bicyclic) bond motifs is 2. The van der Waals surface area contributed by atoms with Crippen LogP contribution in [0.15, 0.2) is 12.2 Å². The van der Waals surface area contributed by atoms with Crippen LogP contribution in [-0.2, 0) is 0 Å². The molecule has 0 saturated heterocycles. The van der Waals surface area contributed by atoms with Gasteiger partial charge in [-0.3, -0.25) is 0 Å². The zero-order valence-corrected chi connectivity index (χ0v) is 7.69. The zero-order chi connectivity index (χ0) is 8.28. The van der Waals surface area contributed by atoms with Gasteiger partial charge in [0.05, 0.1) is 0 Å². The maximum absolute atomic E-state index is 13.3. The molecule has 2 bridgehead atoms. The molecule has 0 radical (unpaired) electrons. The minimum absolute atomic E-state index is 0.270. The molecular weight excluding hydrogens is 268 g/mol. The first-order valence-electron chi connectivity index (χ1n) is 3.40. The van der Waals surface area contributed by atoms with E-state index >= 15 is 0 Å². The molecule has 0 amide bonds. The minimum atomic E-state index is -3.16. The average Bonchev–Trinajstić information content (AvgIpc) is 2.37. The lowest BCUT2D eigenvalue weighted by Crippen LogP contribution is -2.42. The van der Waals surface area contributed by atoms with Crippen molar-refractivity contribution in [2.75, 3.05) is 0 Å². The van der Waals surface area contributed by atoms with Crippen molar-refractivity contribution in [3.05, 3.63) is 12.2 Å². The third-order valence-electron chi connectivity index (χ3n) is 2.46. The summed E-state index contributed by atoms with van der Waals surface area (Å²) in [6, 6.07) is 0. The van der Waals surface area contributed by atoms with Crippen LogP contribution in [-0.4, -0.2) is 9.60 Å². The van der Waals surface area contributed by atoms with Gasteiger partial charge in [0.2, 0.25) is 3.68 Å². The van der Waals surface area contributed by atoms with E-state index < -0.39 is 21.4 Å². The normalized spacial score (nSPS) is 52.0. The summed E-state index contributed by atoms with van der Waals surface area (Å²) in [5.41, 5.74) is 0. The van der Waals surface area contributed by atoms with Gasteiger partial charge in [-0.25, -0.2) is 13.2 Å². The van der Waals surface area contributed by atoms with Gasteiger partial charge in [-0.15, -0.1) is 0 Å². The largest absolute Gasteiger partial charge is 0.297 e. The van der Waals surface area contributed by atoms with Crippen LogP contribution in [0, 0.1) is 11.8 Å². The SMILES string of the molecule is FC1(F)C2C=CC(C2)C1(F)I. The van der Waals surface area contributed by atoms with Gasteiger partial charge in [-0.1, -0.05) is 12.2 Å². The van der Waals surface area contributed by atoms with Crippen LogP contribution in [0.5, 0.6) is 0 Å². The topological polar surface area (TPSA) is 0 Å². The summed E-state index contributed by atoms with van der Waals surface area (Å²) in [4.78, 5) is 0.